The Hall–Kier alpha value is -3.55. The van der Waals surface area contributed by atoms with Gasteiger partial charge < -0.3 is 10.4 Å². The van der Waals surface area contributed by atoms with E-state index >= 15 is 0 Å². The molecule has 0 saturated carbocycles. The maximum absolute atomic E-state index is 12.4. The summed E-state index contributed by atoms with van der Waals surface area (Å²) < 4.78 is 0. The SMILES string of the molecule is O=C(O)c1ccc(CNC(=O)c2cccc(C#CCc3cccc(Cl)c3)c2)cc1. The molecule has 3 aromatic rings. The lowest BCUT2D eigenvalue weighted by atomic mass is 10.1. The van der Waals surface area contributed by atoms with Crippen LogP contribution in [0.3, 0.4) is 0 Å². The van der Waals surface area contributed by atoms with E-state index in [2.05, 4.69) is 17.2 Å². The molecule has 0 radical (unpaired) electrons. The van der Waals surface area contributed by atoms with Crippen LogP contribution in [0.15, 0.2) is 72.8 Å². The third-order valence-corrected chi connectivity index (χ3v) is 4.43. The van der Waals surface area contributed by atoms with E-state index in [0.29, 0.717) is 23.6 Å². The number of benzene rings is 3. The lowest BCUT2D eigenvalue weighted by molar-refractivity contribution is 0.0696. The fraction of sp³-hybridized carbons (Fsp3) is 0.0833. The van der Waals surface area contributed by atoms with E-state index in [4.69, 9.17) is 16.7 Å². The highest BCUT2D eigenvalue weighted by Gasteiger charge is 2.06. The van der Waals surface area contributed by atoms with Crippen molar-refractivity contribution in [1.29, 1.82) is 0 Å². The molecule has 0 aliphatic carbocycles. The fourth-order valence-electron chi connectivity index (χ4n) is 2.68. The molecule has 0 saturated heterocycles. The average Bonchev–Trinajstić information content (AvgIpc) is 2.72. The average molecular weight is 404 g/mol. The third-order valence-electron chi connectivity index (χ3n) is 4.19. The van der Waals surface area contributed by atoms with Crippen molar-refractivity contribution < 1.29 is 14.7 Å². The Morgan fingerprint density at radius 2 is 1.66 bits per heavy atom. The quantitative estimate of drug-likeness (QED) is 0.613. The van der Waals surface area contributed by atoms with Crippen molar-refractivity contribution in [3.63, 3.8) is 0 Å². The molecule has 3 aromatic carbocycles. The van der Waals surface area contributed by atoms with E-state index in [1.54, 1.807) is 30.3 Å². The molecule has 3 rings (SSSR count). The van der Waals surface area contributed by atoms with Crippen molar-refractivity contribution in [3.8, 4) is 11.8 Å². The summed E-state index contributed by atoms with van der Waals surface area (Å²) in [5.74, 6) is 4.97. The summed E-state index contributed by atoms with van der Waals surface area (Å²) in [6.45, 7) is 0.309. The summed E-state index contributed by atoms with van der Waals surface area (Å²) in [6.07, 6.45) is 0.573. The van der Waals surface area contributed by atoms with Crippen LogP contribution in [0.4, 0.5) is 0 Å². The maximum atomic E-state index is 12.4. The molecule has 2 N–H and O–H groups in total. The van der Waals surface area contributed by atoms with Crippen LogP contribution >= 0.6 is 11.6 Å². The molecule has 5 heteroatoms. The molecule has 0 aliphatic rings. The summed E-state index contributed by atoms with van der Waals surface area (Å²) >= 11 is 5.97. The Balaban J connectivity index is 1.60. The van der Waals surface area contributed by atoms with Gasteiger partial charge in [0.25, 0.3) is 5.91 Å². The molecule has 1 amide bonds. The van der Waals surface area contributed by atoms with Crippen molar-refractivity contribution in [2.45, 2.75) is 13.0 Å². The number of amides is 1. The first kappa shape index (κ1) is 20.2. The van der Waals surface area contributed by atoms with Crippen LogP contribution in [0.25, 0.3) is 0 Å². The van der Waals surface area contributed by atoms with Crippen LogP contribution in [0.1, 0.15) is 37.4 Å². The number of rotatable bonds is 5. The van der Waals surface area contributed by atoms with Gasteiger partial charge in [-0.25, -0.2) is 4.79 Å². The first-order valence-electron chi connectivity index (χ1n) is 8.95. The normalized spacial score (nSPS) is 9.97. The van der Waals surface area contributed by atoms with Gasteiger partial charge in [-0.15, -0.1) is 0 Å². The van der Waals surface area contributed by atoms with Crippen molar-refractivity contribution in [1.82, 2.24) is 5.32 Å². The Labute approximate surface area is 174 Å². The highest BCUT2D eigenvalue weighted by molar-refractivity contribution is 6.30. The summed E-state index contributed by atoms with van der Waals surface area (Å²) in [5, 5.41) is 12.4. The Bertz CT molecular complexity index is 1090. The van der Waals surface area contributed by atoms with Gasteiger partial charge in [0.15, 0.2) is 0 Å². The predicted molar refractivity (Wildman–Crippen MR) is 113 cm³/mol. The molecule has 0 aromatic heterocycles. The van der Waals surface area contributed by atoms with Crippen molar-refractivity contribution >= 4 is 23.5 Å². The number of nitrogens with one attached hydrogen (secondary N) is 1. The van der Waals surface area contributed by atoms with Gasteiger partial charge in [-0.1, -0.05) is 53.8 Å². The summed E-state index contributed by atoms with van der Waals surface area (Å²) in [6, 6.07) is 21.1. The number of carboxylic acid groups (broad SMARTS) is 1. The number of hydrogen-bond donors (Lipinski definition) is 2. The second kappa shape index (κ2) is 9.59. The molecule has 0 spiro atoms. The number of carbonyl (C=O) groups is 2. The van der Waals surface area contributed by atoms with Gasteiger partial charge in [0.2, 0.25) is 0 Å². The van der Waals surface area contributed by atoms with Gasteiger partial charge in [-0.05, 0) is 53.6 Å². The van der Waals surface area contributed by atoms with Gasteiger partial charge >= 0.3 is 5.97 Å². The smallest absolute Gasteiger partial charge is 0.335 e. The monoisotopic (exact) mass is 403 g/mol. The first-order chi connectivity index (χ1) is 14.0. The van der Waals surface area contributed by atoms with Crippen LogP contribution in [-0.4, -0.2) is 17.0 Å². The topological polar surface area (TPSA) is 66.4 Å². The zero-order valence-electron chi connectivity index (χ0n) is 15.5. The Morgan fingerprint density at radius 3 is 2.38 bits per heavy atom. The predicted octanol–water partition coefficient (Wildman–Crippen LogP) is 4.56. The summed E-state index contributed by atoms with van der Waals surface area (Å²) in [5.41, 5.74) is 3.34. The maximum Gasteiger partial charge on any atom is 0.335 e. The summed E-state index contributed by atoms with van der Waals surface area (Å²) in [7, 11) is 0. The number of halogens is 1. The highest BCUT2D eigenvalue weighted by atomic mass is 35.5. The molecule has 0 unspecified atom stereocenters. The van der Waals surface area contributed by atoms with Crippen molar-refractivity contribution in [2.75, 3.05) is 0 Å². The van der Waals surface area contributed by atoms with Crippen LogP contribution in [0.2, 0.25) is 5.02 Å². The van der Waals surface area contributed by atoms with Gasteiger partial charge in [0, 0.05) is 29.1 Å². The second-order valence-electron chi connectivity index (χ2n) is 6.37. The van der Waals surface area contributed by atoms with Gasteiger partial charge in [0.05, 0.1) is 5.56 Å². The number of carbonyl (C=O) groups excluding carboxylic acids is 1. The van der Waals surface area contributed by atoms with E-state index in [1.165, 1.54) is 12.1 Å². The summed E-state index contributed by atoms with van der Waals surface area (Å²) in [4.78, 5) is 23.3. The lowest BCUT2D eigenvalue weighted by Gasteiger charge is -2.06. The molecule has 0 atom stereocenters. The fourth-order valence-corrected chi connectivity index (χ4v) is 2.90. The van der Waals surface area contributed by atoms with E-state index in [-0.39, 0.29) is 11.5 Å². The molecular formula is C24H18ClNO3. The zero-order valence-corrected chi connectivity index (χ0v) is 16.2. The van der Waals surface area contributed by atoms with E-state index in [0.717, 1.165) is 16.7 Å². The molecule has 29 heavy (non-hydrogen) atoms. The van der Waals surface area contributed by atoms with E-state index in [1.807, 2.05) is 30.3 Å². The van der Waals surface area contributed by atoms with Gasteiger partial charge in [-0.2, -0.15) is 0 Å². The second-order valence-corrected chi connectivity index (χ2v) is 6.81. The van der Waals surface area contributed by atoms with E-state index < -0.39 is 5.97 Å². The van der Waals surface area contributed by atoms with Crippen LogP contribution < -0.4 is 5.32 Å². The largest absolute Gasteiger partial charge is 0.478 e. The van der Waals surface area contributed by atoms with Crippen LogP contribution in [0, 0.1) is 11.8 Å². The van der Waals surface area contributed by atoms with Crippen molar-refractivity contribution in [2.24, 2.45) is 0 Å². The standard InChI is InChI=1S/C24H18ClNO3/c25-22-9-3-7-18(15-22)5-1-4-17-6-2-8-21(14-17)23(27)26-16-19-10-12-20(13-11-19)24(28)29/h2-3,6-15H,5,16H2,(H,26,27)(H,28,29). The first-order valence-corrected chi connectivity index (χ1v) is 9.33. The minimum Gasteiger partial charge on any atom is -0.478 e. The van der Waals surface area contributed by atoms with Crippen LogP contribution in [0.5, 0.6) is 0 Å². The molecule has 0 bridgehead atoms. The molecule has 144 valence electrons. The highest BCUT2D eigenvalue weighted by Crippen LogP contribution is 2.11. The minimum atomic E-state index is -0.978. The molecule has 0 fully saturated rings. The van der Waals surface area contributed by atoms with E-state index in [9.17, 15) is 9.59 Å². The zero-order chi connectivity index (χ0) is 20.6. The molecule has 0 heterocycles. The lowest BCUT2D eigenvalue weighted by Crippen LogP contribution is -2.22. The number of hydrogen-bond acceptors (Lipinski definition) is 2. The Kier molecular flexibility index (Phi) is 6.67. The van der Waals surface area contributed by atoms with Crippen LogP contribution in [-0.2, 0) is 13.0 Å². The Morgan fingerprint density at radius 1 is 0.897 bits per heavy atom. The molecular weight excluding hydrogens is 386 g/mol. The van der Waals surface area contributed by atoms with Crippen molar-refractivity contribution in [3.05, 3.63) is 106 Å². The van der Waals surface area contributed by atoms with Gasteiger partial charge in [-0.3, -0.25) is 4.79 Å². The number of aromatic carboxylic acids is 1. The molecule has 4 nitrogen and oxygen atoms in total. The number of carboxylic acids is 1. The minimum absolute atomic E-state index is 0.212. The van der Waals surface area contributed by atoms with Gasteiger partial charge in [0.1, 0.15) is 0 Å². The molecule has 0 aliphatic heterocycles. The third kappa shape index (κ3) is 5.97.